The summed E-state index contributed by atoms with van der Waals surface area (Å²) in [5, 5.41) is 11.8. The molecular formula is C26H32N4O2S. The van der Waals surface area contributed by atoms with Gasteiger partial charge in [-0.2, -0.15) is 0 Å². The fraction of sp³-hybridized carbons (Fsp3) is 0.423. The van der Waals surface area contributed by atoms with Gasteiger partial charge in [-0.1, -0.05) is 87.7 Å². The van der Waals surface area contributed by atoms with Gasteiger partial charge in [0.25, 0.3) is 5.91 Å². The predicted octanol–water partition coefficient (Wildman–Crippen LogP) is 4.32. The second-order valence-corrected chi connectivity index (χ2v) is 9.30. The molecule has 1 amide bonds. The zero-order chi connectivity index (χ0) is 23.0. The van der Waals surface area contributed by atoms with Gasteiger partial charge in [-0.15, -0.1) is 5.10 Å². The molecule has 1 N–H and O–H groups in total. The highest BCUT2D eigenvalue weighted by Gasteiger charge is 2.35. The minimum atomic E-state index is -0.463. The topological polar surface area (TPSA) is 66.3 Å². The number of carbonyl (C=O) groups is 1. The van der Waals surface area contributed by atoms with Gasteiger partial charge in [0, 0.05) is 16.5 Å². The lowest BCUT2D eigenvalue weighted by atomic mass is 10.1. The van der Waals surface area contributed by atoms with E-state index in [1.807, 2.05) is 48.5 Å². The number of nitrogens with zero attached hydrogens (tertiary/aromatic N) is 3. The van der Waals surface area contributed by atoms with E-state index in [2.05, 4.69) is 19.2 Å². The highest BCUT2D eigenvalue weighted by molar-refractivity contribution is 8.13. The molecule has 2 heterocycles. The number of carbonyl (C=O) groups excluding carboxylic acids is 1. The Hall–Kier alpha value is -2.80. The van der Waals surface area contributed by atoms with Crippen LogP contribution in [0.25, 0.3) is 5.70 Å². The van der Waals surface area contributed by atoms with Crippen LogP contribution in [0.15, 0.2) is 58.6 Å². The van der Waals surface area contributed by atoms with Crippen LogP contribution in [0.4, 0.5) is 0 Å². The first-order valence-corrected chi connectivity index (χ1v) is 12.9. The molecule has 0 aromatic heterocycles. The average Bonchev–Trinajstić information content (AvgIpc) is 2.84. The van der Waals surface area contributed by atoms with Crippen molar-refractivity contribution in [1.82, 2.24) is 10.3 Å². The normalized spacial score (nSPS) is 17.0. The van der Waals surface area contributed by atoms with E-state index in [0.29, 0.717) is 17.5 Å². The summed E-state index contributed by atoms with van der Waals surface area (Å²) in [5.74, 6) is 1.57. The van der Waals surface area contributed by atoms with Crippen molar-refractivity contribution in [3.63, 3.8) is 0 Å². The fourth-order valence-electron chi connectivity index (χ4n) is 3.98. The maximum Gasteiger partial charge on any atom is 0.276 e. The summed E-state index contributed by atoms with van der Waals surface area (Å²) < 4.78 is 6.16. The van der Waals surface area contributed by atoms with Gasteiger partial charge < -0.3 is 4.74 Å². The minimum absolute atomic E-state index is 0.142. The molecule has 1 unspecified atom stereocenters. The van der Waals surface area contributed by atoms with Crippen LogP contribution < -0.4 is 20.6 Å². The van der Waals surface area contributed by atoms with Crippen LogP contribution in [0.5, 0.6) is 5.75 Å². The van der Waals surface area contributed by atoms with Crippen LogP contribution in [0.2, 0.25) is 0 Å². The molecular weight excluding hydrogens is 432 g/mol. The second-order valence-electron chi connectivity index (χ2n) is 8.22. The van der Waals surface area contributed by atoms with Crippen molar-refractivity contribution in [2.45, 2.75) is 58.5 Å². The zero-order valence-corrected chi connectivity index (χ0v) is 20.2. The second kappa shape index (κ2) is 11.4. The molecule has 2 aromatic rings. The van der Waals surface area contributed by atoms with Crippen molar-refractivity contribution in [3.05, 3.63) is 64.7 Å². The number of fused-ring (bicyclic) bond motifs is 2. The molecule has 2 aliphatic heterocycles. The number of benzene rings is 2. The fourth-order valence-corrected chi connectivity index (χ4v) is 4.83. The number of hydrazone groups is 1. The minimum Gasteiger partial charge on any atom is -0.493 e. The Kier molecular flexibility index (Phi) is 8.05. The molecule has 174 valence electrons. The SMILES string of the molecule is CCCCCOc1ccccc1C1N=c2ccccc2=C2C(=O)NC(SCCCCC)=NN21. The number of amides is 1. The molecule has 4 rings (SSSR count). The van der Waals surface area contributed by atoms with Crippen molar-refractivity contribution >= 4 is 28.5 Å². The third-order valence-corrected chi connectivity index (χ3v) is 6.65. The van der Waals surface area contributed by atoms with Crippen LogP contribution in [-0.4, -0.2) is 28.4 Å². The zero-order valence-electron chi connectivity index (χ0n) is 19.4. The summed E-state index contributed by atoms with van der Waals surface area (Å²) >= 11 is 1.59. The third-order valence-electron chi connectivity index (χ3n) is 5.70. The van der Waals surface area contributed by atoms with E-state index < -0.39 is 6.17 Å². The third kappa shape index (κ3) is 5.41. The smallest absolute Gasteiger partial charge is 0.276 e. The Bertz CT molecular complexity index is 1130. The lowest BCUT2D eigenvalue weighted by Gasteiger charge is -2.34. The summed E-state index contributed by atoms with van der Waals surface area (Å²) in [5.41, 5.74) is 1.44. The van der Waals surface area contributed by atoms with Gasteiger partial charge in [0.05, 0.1) is 12.0 Å². The van der Waals surface area contributed by atoms with Crippen molar-refractivity contribution < 1.29 is 9.53 Å². The molecule has 1 atom stereocenters. The van der Waals surface area contributed by atoms with Crippen LogP contribution in [0, 0.1) is 0 Å². The quantitative estimate of drug-likeness (QED) is 0.532. The van der Waals surface area contributed by atoms with E-state index in [1.54, 1.807) is 16.8 Å². The lowest BCUT2D eigenvalue weighted by Crippen LogP contribution is -2.50. The first kappa shape index (κ1) is 23.4. The Morgan fingerprint density at radius 1 is 1.00 bits per heavy atom. The molecule has 0 radical (unpaired) electrons. The van der Waals surface area contributed by atoms with Crippen molar-refractivity contribution in [2.24, 2.45) is 10.1 Å². The van der Waals surface area contributed by atoms with Crippen molar-refractivity contribution in [2.75, 3.05) is 12.4 Å². The number of nitrogens with one attached hydrogen (secondary N) is 1. The van der Waals surface area contributed by atoms with Crippen LogP contribution in [0.1, 0.15) is 64.1 Å². The molecule has 6 nitrogen and oxygen atoms in total. The first-order valence-electron chi connectivity index (χ1n) is 11.9. The van der Waals surface area contributed by atoms with Gasteiger partial charge in [0.2, 0.25) is 0 Å². The predicted molar refractivity (Wildman–Crippen MR) is 134 cm³/mol. The molecule has 33 heavy (non-hydrogen) atoms. The summed E-state index contributed by atoms with van der Waals surface area (Å²) in [6.07, 6.45) is 6.26. The molecule has 7 heteroatoms. The molecule has 0 aliphatic carbocycles. The number of thioether (sulfide) groups is 1. The summed E-state index contributed by atoms with van der Waals surface area (Å²) in [6, 6.07) is 15.7. The standard InChI is InChI=1S/C26H32N4O2S/c1-3-5-11-17-32-22-16-10-8-14-20(22)24-27-21-15-9-7-13-19(21)23-25(31)28-26(29-30(23)24)33-18-12-6-4-2/h7-10,13-16,24H,3-6,11-12,17-18H2,1-2H3,(H,28,29,31). The molecule has 0 saturated carbocycles. The molecule has 0 spiro atoms. The summed E-state index contributed by atoms with van der Waals surface area (Å²) in [7, 11) is 0. The van der Waals surface area contributed by atoms with Crippen LogP contribution >= 0.6 is 11.8 Å². The van der Waals surface area contributed by atoms with Crippen molar-refractivity contribution in [3.8, 4) is 5.75 Å². The van der Waals surface area contributed by atoms with E-state index in [4.69, 9.17) is 14.8 Å². The van der Waals surface area contributed by atoms with Gasteiger partial charge in [0.1, 0.15) is 11.4 Å². The van der Waals surface area contributed by atoms with Crippen LogP contribution in [0.3, 0.4) is 0 Å². The Morgan fingerprint density at radius 3 is 2.61 bits per heavy atom. The Labute approximate surface area is 199 Å². The van der Waals surface area contributed by atoms with E-state index >= 15 is 0 Å². The van der Waals surface area contributed by atoms with Gasteiger partial charge in [0.15, 0.2) is 11.3 Å². The average molecular weight is 465 g/mol. The lowest BCUT2D eigenvalue weighted by molar-refractivity contribution is -0.116. The van der Waals surface area contributed by atoms with E-state index in [1.165, 1.54) is 6.42 Å². The summed E-state index contributed by atoms with van der Waals surface area (Å²) in [6.45, 7) is 5.03. The number of hydrogen-bond acceptors (Lipinski definition) is 6. The maximum absolute atomic E-state index is 13.2. The maximum atomic E-state index is 13.2. The number of unbranched alkanes of at least 4 members (excludes halogenated alkanes) is 4. The monoisotopic (exact) mass is 464 g/mol. The van der Waals surface area contributed by atoms with E-state index in [-0.39, 0.29) is 5.91 Å². The van der Waals surface area contributed by atoms with E-state index in [0.717, 1.165) is 59.7 Å². The molecule has 2 aromatic carbocycles. The van der Waals surface area contributed by atoms with E-state index in [9.17, 15) is 4.79 Å². The number of rotatable bonds is 10. The molecule has 0 saturated heterocycles. The number of amidine groups is 1. The molecule has 0 fully saturated rings. The number of para-hydroxylation sites is 2. The van der Waals surface area contributed by atoms with Crippen LogP contribution in [-0.2, 0) is 4.79 Å². The van der Waals surface area contributed by atoms with Gasteiger partial charge >= 0.3 is 0 Å². The highest BCUT2D eigenvalue weighted by Crippen LogP contribution is 2.35. The number of ether oxygens (including phenoxy) is 1. The summed E-state index contributed by atoms with van der Waals surface area (Å²) in [4.78, 5) is 18.3. The first-order chi connectivity index (χ1) is 16.2. The Morgan fingerprint density at radius 2 is 1.76 bits per heavy atom. The molecule has 0 bridgehead atoms. The molecule has 2 aliphatic rings. The number of hydrogen-bond donors (Lipinski definition) is 1. The largest absolute Gasteiger partial charge is 0.493 e. The highest BCUT2D eigenvalue weighted by atomic mass is 32.2. The van der Waals surface area contributed by atoms with Gasteiger partial charge in [-0.25, -0.2) is 5.01 Å². The van der Waals surface area contributed by atoms with Gasteiger partial charge in [-0.05, 0) is 25.0 Å². The Balaban J connectivity index is 1.71. The van der Waals surface area contributed by atoms with Crippen molar-refractivity contribution in [1.29, 1.82) is 0 Å². The van der Waals surface area contributed by atoms with Gasteiger partial charge in [-0.3, -0.25) is 15.1 Å².